The fourth-order valence-electron chi connectivity index (χ4n) is 2.01. The molecule has 0 unspecified atom stereocenters. The van der Waals surface area contributed by atoms with Crippen LogP contribution in [0, 0.1) is 0 Å². The zero-order chi connectivity index (χ0) is 15.5. The van der Waals surface area contributed by atoms with Crippen LogP contribution in [0.3, 0.4) is 0 Å². The molecule has 1 fully saturated rings. The molecule has 1 aromatic carbocycles. The van der Waals surface area contributed by atoms with E-state index in [4.69, 9.17) is 16.3 Å². The van der Waals surface area contributed by atoms with Crippen LogP contribution in [0.1, 0.15) is 0 Å². The van der Waals surface area contributed by atoms with Gasteiger partial charge in [0, 0.05) is 24.3 Å². The molecule has 0 saturated carbocycles. The van der Waals surface area contributed by atoms with Gasteiger partial charge < -0.3 is 9.64 Å². The second-order valence-electron chi connectivity index (χ2n) is 4.67. The van der Waals surface area contributed by atoms with Gasteiger partial charge in [0.25, 0.3) is 5.91 Å². The first-order chi connectivity index (χ1) is 9.89. The Bertz CT molecular complexity index is 620. The molecule has 8 heteroatoms. The molecule has 1 heterocycles. The van der Waals surface area contributed by atoms with Gasteiger partial charge in [-0.05, 0) is 12.1 Å². The number of para-hydroxylation sites is 1. The third-order valence-electron chi connectivity index (χ3n) is 3.09. The monoisotopic (exact) mass is 349 g/mol. The minimum Gasteiger partial charge on any atom is -0.482 e. The van der Waals surface area contributed by atoms with Crippen molar-refractivity contribution in [1.82, 2.24) is 4.90 Å². The van der Waals surface area contributed by atoms with E-state index in [1.807, 2.05) is 0 Å². The van der Waals surface area contributed by atoms with Crippen molar-refractivity contribution in [3.63, 3.8) is 0 Å². The summed E-state index contributed by atoms with van der Waals surface area (Å²) in [5.74, 6) is 1.20. The minimum absolute atomic E-state index is 0.222. The molecule has 1 aliphatic rings. The molecule has 21 heavy (non-hydrogen) atoms. The lowest BCUT2D eigenvalue weighted by Crippen LogP contribution is -2.51. The van der Waals surface area contributed by atoms with Gasteiger partial charge in [-0.1, -0.05) is 23.7 Å². The molecule has 0 aromatic heterocycles. The Kier molecular flexibility index (Phi) is 5.40. The molecule has 2 rings (SSSR count). The van der Waals surface area contributed by atoms with Gasteiger partial charge in [-0.15, -0.1) is 0 Å². The quantitative estimate of drug-likeness (QED) is 0.827. The average molecular weight is 350 g/mol. The summed E-state index contributed by atoms with van der Waals surface area (Å²) < 4.78 is 28.9. The SMILES string of the molecule is CS(=O)(=O)[C@@H]1CSCCN1C(=O)COc1ccccc1Cl. The molecule has 1 aromatic rings. The molecule has 0 radical (unpaired) electrons. The van der Waals surface area contributed by atoms with Gasteiger partial charge in [-0.3, -0.25) is 4.79 Å². The van der Waals surface area contributed by atoms with Crippen LogP contribution in [0.15, 0.2) is 24.3 Å². The van der Waals surface area contributed by atoms with Crippen molar-refractivity contribution in [3.8, 4) is 5.75 Å². The number of hydrogen-bond acceptors (Lipinski definition) is 5. The van der Waals surface area contributed by atoms with Crippen molar-refractivity contribution in [1.29, 1.82) is 0 Å². The molecule has 5 nitrogen and oxygen atoms in total. The first kappa shape index (κ1) is 16.5. The van der Waals surface area contributed by atoms with Crippen LogP contribution in [-0.4, -0.2) is 55.5 Å². The second-order valence-corrected chi connectivity index (χ2v) is 8.43. The maximum absolute atomic E-state index is 12.2. The lowest BCUT2D eigenvalue weighted by atomic mass is 10.3. The number of sulfone groups is 1. The van der Waals surface area contributed by atoms with Crippen molar-refractivity contribution in [2.45, 2.75) is 5.37 Å². The summed E-state index contributed by atoms with van der Waals surface area (Å²) in [6.45, 7) is 0.188. The standard InChI is InChI=1S/C13H16ClNO4S2/c1-21(17,18)13-9-20-7-6-15(13)12(16)8-19-11-5-3-2-4-10(11)14/h2-5,13H,6-9H2,1H3/t13-/m1/s1. The van der Waals surface area contributed by atoms with Crippen molar-refractivity contribution in [3.05, 3.63) is 29.3 Å². The predicted octanol–water partition coefficient (Wildman–Crippen LogP) is 1.66. The van der Waals surface area contributed by atoms with Gasteiger partial charge in [0.2, 0.25) is 0 Å². The summed E-state index contributed by atoms with van der Waals surface area (Å²) in [4.78, 5) is 13.6. The highest BCUT2D eigenvalue weighted by atomic mass is 35.5. The van der Waals surface area contributed by atoms with Gasteiger partial charge in [0.05, 0.1) is 5.02 Å². The lowest BCUT2D eigenvalue weighted by Gasteiger charge is -2.33. The van der Waals surface area contributed by atoms with Crippen LogP contribution >= 0.6 is 23.4 Å². The summed E-state index contributed by atoms with van der Waals surface area (Å²) in [6.07, 6.45) is 1.15. The normalized spacial score (nSPS) is 19.3. The highest BCUT2D eigenvalue weighted by molar-refractivity contribution is 8.00. The van der Waals surface area contributed by atoms with Crippen LogP contribution < -0.4 is 4.74 Å². The number of benzene rings is 1. The van der Waals surface area contributed by atoms with Gasteiger partial charge >= 0.3 is 0 Å². The Morgan fingerprint density at radius 3 is 2.86 bits per heavy atom. The van der Waals surface area contributed by atoms with Gasteiger partial charge in [0.15, 0.2) is 16.4 Å². The number of nitrogens with zero attached hydrogens (tertiary/aromatic N) is 1. The zero-order valence-electron chi connectivity index (χ0n) is 11.5. The highest BCUT2D eigenvalue weighted by Crippen LogP contribution is 2.24. The largest absolute Gasteiger partial charge is 0.482 e. The Labute approximate surface area is 133 Å². The Morgan fingerprint density at radius 2 is 2.19 bits per heavy atom. The van der Waals surface area contributed by atoms with Crippen LogP contribution in [-0.2, 0) is 14.6 Å². The minimum atomic E-state index is -3.31. The lowest BCUT2D eigenvalue weighted by molar-refractivity contribution is -0.133. The molecule has 0 aliphatic carbocycles. The van der Waals surface area contributed by atoms with Gasteiger partial charge in [-0.25, -0.2) is 8.42 Å². The Morgan fingerprint density at radius 1 is 1.48 bits per heavy atom. The first-order valence-electron chi connectivity index (χ1n) is 6.33. The molecule has 1 atom stereocenters. The fourth-order valence-corrected chi connectivity index (χ4v) is 5.03. The molecule has 1 aliphatic heterocycles. The molecule has 0 spiro atoms. The number of rotatable bonds is 4. The maximum Gasteiger partial charge on any atom is 0.261 e. The van der Waals surface area contributed by atoms with Crippen LogP contribution in [0.5, 0.6) is 5.75 Å². The van der Waals surface area contributed by atoms with Gasteiger partial charge in [0.1, 0.15) is 11.1 Å². The molecular weight excluding hydrogens is 334 g/mol. The Balaban J connectivity index is 2.03. The molecule has 0 bridgehead atoms. The van der Waals surface area contributed by atoms with Crippen molar-refractivity contribution in [2.24, 2.45) is 0 Å². The summed E-state index contributed by atoms with van der Waals surface area (Å²) >= 11 is 7.48. The van der Waals surface area contributed by atoms with E-state index < -0.39 is 15.2 Å². The topological polar surface area (TPSA) is 63.7 Å². The number of ether oxygens (including phenoxy) is 1. The fraction of sp³-hybridized carbons (Fsp3) is 0.462. The summed E-state index contributed by atoms with van der Waals surface area (Å²) in [7, 11) is -3.31. The molecule has 0 N–H and O–H groups in total. The third kappa shape index (κ3) is 4.28. The van der Waals surface area contributed by atoms with E-state index in [-0.39, 0.29) is 12.5 Å². The molecule has 1 amide bonds. The van der Waals surface area contributed by atoms with Gasteiger partial charge in [-0.2, -0.15) is 11.8 Å². The van der Waals surface area contributed by atoms with E-state index in [1.165, 1.54) is 16.7 Å². The predicted molar refractivity (Wildman–Crippen MR) is 84.6 cm³/mol. The van der Waals surface area contributed by atoms with E-state index in [0.29, 0.717) is 23.1 Å². The number of hydrogen-bond donors (Lipinski definition) is 0. The van der Waals surface area contributed by atoms with E-state index in [9.17, 15) is 13.2 Å². The van der Waals surface area contributed by atoms with Crippen molar-refractivity contribution in [2.75, 3.05) is 30.9 Å². The molecule has 116 valence electrons. The zero-order valence-corrected chi connectivity index (χ0v) is 13.9. The molecule has 1 saturated heterocycles. The number of carbonyl (C=O) groups is 1. The maximum atomic E-state index is 12.2. The summed E-state index contributed by atoms with van der Waals surface area (Å²) in [6, 6.07) is 6.84. The average Bonchev–Trinajstić information content (AvgIpc) is 2.45. The number of thioether (sulfide) groups is 1. The van der Waals surface area contributed by atoms with Crippen LogP contribution in [0.25, 0.3) is 0 Å². The highest BCUT2D eigenvalue weighted by Gasteiger charge is 2.34. The molecular formula is C13H16ClNO4S2. The summed E-state index contributed by atoms with van der Waals surface area (Å²) in [5.41, 5.74) is 0. The first-order valence-corrected chi connectivity index (χ1v) is 9.81. The second kappa shape index (κ2) is 6.89. The number of amides is 1. The van der Waals surface area contributed by atoms with Crippen molar-refractivity contribution < 1.29 is 17.9 Å². The van der Waals surface area contributed by atoms with Crippen LogP contribution in [0.2, 0.25) is 5.02 Å². The number of carbonyl (C=O) groups excluding carboxylic acids is 1. The van der Waals surface area contributed by atoms with E-state index in [1.54, 1.807) is 24.3 Å². The third-order valence-corrected chi connectivity index (χ3v) is 6.04. The van der Waals surface area contributed by atoms with Crippen molar-refractivity contribution >= 4 is 39.1 Å². The smallest absolute Gasteiger partial charge is 0.261 e. The van der Waals surface area contributed by atoms with E-state index in [2.05, 4.69) is 0 Å². The Hall–Kier alpha value is -0.920. The number of halogens is 1. The van der Waals surface area contributed by atoms with E-state index in [0.717, 1.165) is 12.0 Å². The van der Waals surface area contributed by atoms with Crippen LogP contribution in [0.4, 0.5) is 0 Å². The van der Waals surface area contributed by atoms with E-state index >= 15 is 0 Å². The summed E-state index contributed by atoms with van der Waals surface area (Å²) in [5, 5.41) is -0.363.